The van der Waals surface area contributed by atoms with Crippen molar-refractivity contribution in [1.82, 2.24) is 9.88 Å². The fraction of sp³-hybridized carbons (Fsp3) is 0.280. The van der Waals surface area contributed by atoms with E-state index in [-0.39, 0.29) is 11.7 Å². The van der Waals surface area contributed by atoms with Gasteiger partial charge in [-0.25, -0.2) is 4.39 Å². The lowest BCUT2D eigenvalue weighted by atomic mass is 9.88. The zero-order chi connectivity index (χ0) is 22.5. The molecule has 4 rings (SSSR count). The standard InChI is InChI=1S/C25H26ClFN4O/c26-24-12-22(27)5-4-20(24)15-30-23-11-21(14-29-16-23)25(32)31-8-6-18(7-9-31)19-3-1-2-17(10-19)13-28/h1-5,10-12,14,16,18,30H,6-9,13,15,28H2. The third kappa shape index (κ3) is 5.26. The van der Waals surface area contributed by atoms with E-state index < -0.39 is 0 Å². The molecule has 5 nitrogen and oxygen atoms in total. The minimum Gasteiger partial charge on any atom is -0.380 e. The Hall–Kier alpha value is -2.96. The van der Waals surface area contributed by atoms with Crippen LogP contribution < -0.4 is 11.1 Å². The van der Waals surface area contributed by atoms with Crippen LogP contribution in [0.25, 0.3) is 0 Å². The first-order valence-electron chi connectivity index (χ1n) is 10.7. The Kier molecular flexibility index (Phi) is 7.02. The van der Waals surface area contributed by atoms with E-state index in [9.17, 15) is 9.18 Å². The molecule has 1 amide bonds. The van der Waals surface area contributed by atoms with Crippen LogP contribution in [0.5, 0.6) is 0 Å². The molecular formula is C25H26ClFN4O. The van der Waals surface area contributed by atoms with Crippen LogP contribution in [-0.2, 0) is 13.1 Å². The molecule has 1 fully saturated rings. The third-order valence-electron chi connectivity index (χ3n) is 5.92. The Balaban J connectivity index is 1.36. The predicted molar refractivity (Wildman–Crippen MR) is 125 cm³/mol. The SMILES string of the molecule is NCc1cccc(C2CCN(C(=O)c3cncc(NCc4ccc(F)cc4Cl)c3)CC2)c1. The molecule has 2 aromatic carbocycles. The van der Waals surface area contributed by atoms with Crippen molar-refractivity contribution in [3.63, 3.8) is 0 Å². The van der Waals surface area contributed by atoms with Crippen molar-refractivity contribution in [3.8, 4) is 0 Å². The average molecular weight is 453 g/mol. The molecule has 0 atom stereocenters. The molecular weight excluding hydrogens is 427 g/mol. The summed E-state index contributed by atoms with van der Waals surface area (Å²) in [6.45, 7) is 2.36. The normalized spacial score (nSPS) is 14.4. The van der Waals surface area contributed by atoms with Crippen LogP contribution in [-0.4, -0.2) is 28.9 Å². The Labute approximate surface area is 192 Å². The van der Waals surface area contributed by atoms with Gasteiger partial charge in [-0.3, -0.25) is 9.78 Å². The van der Waals surface area contributed by atoms with E-state index >= 15 is 0 Å². The summed E-state index contributed by atoms with van der Waals surface area (Å²) in [5.74, 6) is 0.0520. The van der Waals surface area contributed by atoms with Gasteiger partial charge in [0.25, 0.3) is 5.91 Å². The molecule has 1 aromatic heterocycles. The molecule has 3 N–H and O–H groups in total. The third-order valence-corrected chi connectivity index (χ3v) is 6.28. The highest BCUT2D eigenvalue weighted by Gasteiger charge is 2.25. The maximum absolute atomic E-state index is 13.2. The minimum absolute atomic E-state index is 0.0184. The largest absolute Gasteiger partial charge is 0.380 e. The van der Waals surface area contributed by atoms with Crippen LogP contribution in [0.15, 0.2) is 60.9 Å². The lowest BCUT2D eigenvalue weighted by Gasteiger charge is -2.32. The van der Waals surface area contributed by atoms with Gasteiger partial charge in [0.05, 0.1) is 11.3 Å². The Morgan fingerprint density at radius 1 is 1.16 bits per heavy atom. The number of nitrogens with zero attached hydrogens (tertiary/aromatic N) is 2. The molecule has 3 aromatic rings. The molecule has 0 bridgehead atoms. The molecule has 1 aliphatic heterocycles. The first-order valence-corrected chi connectivity index (χ1v) is 11.1. The second-order valence-corrected chi connectivity index (χ2v) is 8.47. The number of anilines is 1. The van der Waals surface area contributed by atoms with E-state index in [1.807, 2.05) is 11.0 Å². The van der Waals surface area contributed by atoms with Gasteiger partial charge in [-0.2, -0.15) is 0 Å². The van der Waals surface area contributed by atoms with E-state index in [2.05, 4.69) is 28.5 Å². The molecule has 166 valence electrons. The zero-order valence-electron chi connectivity index (χ0n) is 17.7. The summed E-state index contributed by atoms with van der Waals surface area (Å²) < 4.78 is 13.2. The van der Waals surface area contributed by atoms with Crippen LogP contribution in [0.2, 0.25) is 5.02 Å². The number of pyridine rings is 1. The number of halogens is 2. The van der Waals surface area contributed by atoms with Crippen molar-refractivity contribution in [2.45, 2.75) is 31.8 Å². The van der Waals surface area contributed by atoms with Gasteiger partial charge in [0.1, 0.15) is 5.82 Å². The number of carbonyl (C=O) groups excluding carboxylic acids is 1. The number of amides is 1. The Morgan fingerprint density at radius 2 is 1.97 bits per heavy atom. The van der Waals surface area contributed by atoms with Crippen molar-refractivity contribution in [3.05, 3.63) is 94.0 Å². The van der Waals surface area contributed by atoms with Crippen LogP contribution in [0.4, 0.5) is 10.1 Å². The van der Waals surface area contributed by atoms with Gasteiger partial charge in [-0.15, -0.1) is 0 Å². The number of aromatic nitrogens is 1. The smallest absolute Gasteiger partial charge is 0.255 e. The quantitative estimate of drug-likeness (QED) is 0.554. The van der Waals surface area contributed by atoms with Gasteiger partial charge >= 0.3 is 0 Å². The molecule has 1 aliphatic rings. The Bertz CT molecular complexity index is 1100. The number of likely N-dealkylation sites (tertiary alicyclic amines) is 1. The van der Waals surface area contributed by atoms with Gasteiger partial charge in [-0.1, -0.05) is 41.9 Å². The number of rotatable bonds is 6. The van der Waals surface area contributed by atoms with Gasteiger partial charge in [0, 0.05) is 43.6 Å². The average Bonchev–Trinajstić information content (AvgIpc) is 2.83. The highest BCUT2D eigenvalue weighted by molar-refractivity contribution is 6.31. The topological polar surface area (TPSA) is 71.2 Å². The lowest BCUT2D eigenvalue weighted by molar-refractivity contribution is 0.0712. The summed E-state index contributed by atoms with van der Waals surface area (Å²) >= 11 is 6.09. The first kappa shape index (κ1) is 22.2. The second-order valence-electron chi connectivity index (χ2n) is 8.07. The molecule has 0 aliphatic carbocycles. The summed E-state index contributed by atoms with van der Waals surface area (Å²) in [5, 5.41) is 3.57. The van der Waals surface area contributed by atoms with Gasteiger partial charge in [0.2, 0.25) is 0 Å². The lowest BCUT2D eigenvalue weighted by Crippen LogP contribution is -2.38. The summed E-state index contributed by atoms with van der Waals surface area (Å²) in [4.78, 5) is 19.1. The van der Waals surface area contributed by atoms with Crippen molar-refractivity contribution < 1.29 is 9.18 Å². The van der Waals surface area contributed by atoms with E-state index in [4.69, 9.17) is 17.3 Å². The number of hydrogen-bond acceptors (Lipinski definition) is 4. The van der Waals surface area contributed by atoms with Crippen molar-refractivity contribution in [2.24, 2.45) is 5.73 Å². The monoisotopic (exact) mass is 452 g/mol. The highest BCUT2D eigenvalue weighted by atomic mass is 35.5. The molecule has 32 heavy (non-hydrogen) atoms. The number of hydrogen-bond donors (Lipinski definition) is 2. The van der Waals surface area contributed by atoms with E-state index in [1.165, 1.54) is 17.7 Å². The van der Waals surface area contributed by atoms with E-state index in [0.29, 0.717) is 48.4 Å². The maximum atomic E-state index is 13.2. The predicted octanol–water partition coefficient (Wildman–Crippen LogP) is 4.96. The first-order chi connectivity index (χ1) is 15.5. The number of benzene rings is 2. The van der Waals surface area contributed by atoms with Crippen molar-refractivity contribution >= 4 is 23.2 Å². The fourth-order valence-corrected chi connectivity index (χ4v) is 4.32. The molecule has 0 radical (unpaired) electrons. The molecule has 0 saturated carbocycles. The summed E-state index contributed by atoms with van der Waals surface area (Å²) in [7, 11) is 0. The van der Waals surface area contributed by atoms with Crippen LogP contribution in [0, 0.1) is 5.82 Å². The maximum Gasteiger partial charge on any atom is 0.255 e. The van der Waals surface area contributed by atoms with E-state index in [1.54, 1.807) is 24.5 Å². The highest BCUT2D eigenvalue weighted by Crippen LogP contribution is 2.29. The molecule has 1 saturated heterocycles. The van der Waals surface area contributed by atoms with E-state index in [0.717, 1.165) is 24.0 Å². The number of carbonyl (C=O) groups is 1. The van der Waals surface area contributed by atoms with Gasteiger partial charge in [-0.05, 0) is 53.6 Å². The molecule has 7 heteroatoms. The van der Waals surface area contributed by atoms with Gasteiger partial charge in [0.15, 0.2) is 0 Å². The molecule has 2 heterocycles. The van der Waals surface area contributed by atoms with Crippen molar-refractivity contribution in [1.29, 1.82) is 0 Å². The summed E-state index contributed by atoms with van der Waals surface area (Å²) in [6.07, 6.45) is 5.10. The molecule has 0 unspecified atom stereocenters. The van der Waals surface area contributed by atoms with Gasteiger partial charge < -0.3 is 16.0 Å². The van der Waals surface area contributed by atoms with Crippen LogP contribution in [0.3, 0.4) is 0 Å². The number of nitrogens with one attached hydrogen (secondary N) is 1. The second kappa shape index (κ2) is 10.1. The zero-order valence-corrected chi connectivity index (χ0v) is 18.5. The Morgan fingerprint density at radius 3 is 2.72 bits per heavy atom. The summed E-state index contributed by atoms with van der Waals surface area (Å²) in [5.41, 5.74) is 10.2. The minimum atomic E-state index is -0.371. The summed E-state index contributed by atoms with van der Waals surface area (Å²) in [6, 6.07) is 14.5. The van der Waals surface area contributed by atoms with Crippen molar-refractivity contribution in [2.75, 3.05) is 18.4 Å². The fourth-order valence-electron chi connectivity index (χ4n) is 4.09. The van der Waals surface area contributed by atoms with Crippen LogP contribution >= 0.6 is 11.6 Å². The van der Waals surface area contributed by atoms with Crippen LogP contribution in [0.1, 0.15) is 45.8 Å². The number of piperidine rings is 1. The molecule has 0 spiro atoms. The number of nitrogens with two attached hydrogens (primary N) is 1.